The molecule has 0 aromatic heterocycles. The first-order valence-corrected chi connectivity index (χ1v) is 5.05. The van der Waals surface area contributed by atoms with Crippen molar-refractivity contribution in [2.75, 3.05) is 13.7 Å². The van der Waals surface area contributed by atoms with Crippen molar-refractivity contribution in [3.05, 3.63) is 29.3 Å². The molecule has 0 aliphatic rings. The van der Waals surface area contributed by atoms with E-state index in [2.05, 4.69) is 0 Å². The molecule has 88 valence electrons. The topological polar surface area (TPSA) is 66.8 Å². The van der Waals surface area contributed by atoms with Gasteiger partial charge in [-0.2, -0.15) is 0 Å². The molecule has 1 aromatic carbocycles. The van der Waals surface area contributed by atoms with Crippen molar-refractivity contribution in [1.82, 2.24) is 0 Å². The number of methoxy groups -OCH3 is 1. The minimum atomic E-state index is -0.928. The van der Waals surface area contributed by atoms with Crippen molar-refractivity contribution in [3.8, 4) is 5.75 Å². The van der Waals surface area contributed by atoms with Gasteiger partial charge in [-0.05, 0) is 13.0 Å². The Kier molecular flexibility index (Phi) is 4.31. The van der Waals surface area contributed by atoms with Crippen LogP contribution < -0.4 is 4.74 Å². The Hall–Kier alpha value is -1.55. The molecule has 2 N–H and O–H groups in total. The van der Waals surface area contributed by atoms with Gasteiger partial charge in [-0.1, -0.05) is 17.7 Å². The third-order valence-corrected chi connectivity index (χ3v) is 2.47. The van der Waals surface area contributed by atoms with Crippen LogP contribution in [0.25, 0.3) is 0 Å². The molecule has 0 amide bonds. The molecule has 0 spiro atoms. The van der Waals surface area contributed by atoms with Crippen LogP contribution >= 0.6 is 0 Å². The predicted molar refractivity (Wildman–Crippen MR) is 59.8 cm³/mol. The van der Waals surface area contributed by atoms with E-state index in [9.17, 15) is 9.90 Å². The number of rotatable bonds is 5. The van der Waals surface area contributed by atoms with E-state index in [4.69, 9.17) is 9.84 Å². The summed E-state index contributed by atoms with van der Waals surface area (Å²) >= 11 is 0. The summed E-state index contributed by atoms with van der Waals surface area (Å²) in [6, 6.07) is 5.52. The molecule has 4 heteroatoms. The number of aliphatic carboxylic acids is 1. The van der Waals surface area contributed by atoms with Crippen LogP contribution in [0.5, 0.6) is 5.75 Å². The third kappa shape index (κ3) is 2.97. The number of ether oxygens (including phenoxy) is 1. The van der Waals surface area contributed by atoms with Crippen LogP contribution in [-0.4, -0.2) is 29.9 Å². The van der Waals surface area contributed by atoms with Crippen molar-refractivity contribution in [2.45, 2.75) is 19.3 Å². The SMILES string of the molecule is COc1ccc(C)cc1C(CO)CC(=O)O. The van der Waals surface area contributed by atoms with Gasteiger partial charge < -0.3 is 14.9 Å². The molecular weight excluding hydrogens is 208 g/mol. The largest absolute Gasteiger partial charge is 0.496 e. The average Bonchev–Trinajstić information content (AvgIpc) is 2.25. The number of aliphatic hydroxyl groups is 1. The number of carboxylic acid groups (broad SMARTS) is 1. The average molecular weight is 224 g/mol. The fraction of sp³-hybridized carbons (Fsp3) is 0.417. The van der Waals surface area contributed by atoms with Gasteiger partial charge in [-0.25, -0.2) is 0 Å². The normalized spacial score (nSPS) is 12.2. The molecule has 16 heavy (non-hydrogen) atoms. The summed E-state index contributed by atoms with van der Waals surface area (Å²) in [5, 5.41) is 18.0. The molecule has 0 saturated carbocycles. The van der Waals surface area contributed by atoms with Gasteiger partial charge >= 0.3 is 5.97 Å². The van der Waals surface area contributed by atoms with Crippen LogP contribution in [0.2, 0.25) is 0 Å². The first-order chi connectivity index (χ1) is 7.58. The van der Waals surface area contributed by atoms with E-state index < -0.39 is 11.9 Å². The molecular formula is C12H16O4. The van der Waals surface area contributed by atoms with Gasteiger partial charge in [0, 0.05) is 11.5 Å². The lowest BCUT2D eigenvalue weighted by Gasteiger charge is -2.16. The molecule has 0 bridgehead atoms. The number of benzene rings is 1. The standard InChI is InChI=1S/C12H16O4/c1-8-3-4-11(16-2)10(5-8)9(7-13)6-12(14)15/h3-5,9,13H,6-7H2,1-2H3,(H,14,15). The van der Waals surface area contributed by atoms with Gasteiger partial charge in [0.15, 0.2) is 0 Å². The van der Waals surface area contributed by atoms with Gasteiger partial charge in [0.05, 0.1) is 20.1 Å². The van der Waals surface area contributed by atoms with E-state index in [0.29, 0.717) is 5.75 Å². The Balaban J connectivity index is 3.06. The van der Waals surface area contributed by atoms with Crippen molar-refractivity contribution >= 4 is 5.97 Å². The van der Waals surface area contributed by atoms with E-state index in [0.717, 1.165) is 11.1 Å². The van der Waals surface area contributed by atoms with Crippen LogP contribution in [0.3, 0.4) is 0 Å². The molecule has 0 heterocycles. The molecule has 4 nitrogen and oxygen atoms in total. The van der Waals surface area contributed by atoms with E-state index in [1.54, 1.807) is 6.07 Å². The third-order valence-electron chi connectivity index (χ3n) is 2.47. The lowest BCUT2D eigenvalue weighted by molar-refractivity contribution is -0.137. The molecule has 0 fully saturated rings. The predicted octanol–water partition coefficient (Wildman–Crippen LogP) is 1.55. The molecule has 0 radical (unpaired) electrons. The fourth-order valence-corrected chi connectivity index (χ4v) is 1.66. The summed E-state index contributed by atoms with van der Waals surface area (Å²) in [6.07, 6.45) is -0.101. The molecule has 0 aliphatic carbocycles. The van der Waals surface area contributed by atoms with E-state index in [1.807, 2.05) is 19.1 Å². The zero-order valence-electron chi connectivity index (χ0n) is 9.43. The minimum Gasteiger partial charge on any atom is -0.496 e. The molecule has 0 aliphatic heterocycles. The maximum Gasteiger partial charge on any atom is 0.304 e. The number of hydrogen-bond donors (Lipinski definition) is 2. The van der Waals surface area contributed by atoms with Crippen molar-refractivity contribution in [1.29, 1.82) is 0 Å². The number of carboxylic acids is 1. The highest BCUT2D eigenvalue weighted by molar-refractivity contribution is 5.68. The highest BCUT2D eigenvalue weighted by Gasteiger charge is 2.18. The number of hydrogen-bond acceptors (Lipinski definition) is 3. The lowest BCUT2D eigenvalue weighted by atomic mass is 9.94. The van der Waals surface area contributed by atoms with Crippen LogP contribution in [0, 0.1) is 6.92 Å². The Labute approximate surface area is 94.5 Å². The van der Waals surface area contributed by atoms with Crippen molar-refractivity contribution in [2.24, 2.45) is 0 Å². The Morgan fingerprint density at radius 1 is 1.50 bits per heavy atom. The number of aryl methyl sites for hydroxylation is 1. The van der Waals surface area contributed by atoms with E-state index in [1.165, 1.54) is 7.11 Å². The monoisotopic (exact) mass is 224 g/mol. The fourth-order valence-electron chi connectivity index (χ4n) is 1.66. The molecule has 1 aromatic rings. The Bertz CT molecular complexity index is 373. The van der Waals surface area contributed by atoms with Gasteiger partial charge in [0.25, 0.3) is 0 Å². The maximum atomic E-state index is 10.7. The first-order valence-electron chi connectivity index (χ1n) is 5.05. The maximum absolute atomic E-state index is 10.7. The molecule has 1 unspecified atom stereocenters. The summed E-state index contributed by atoms with van der Waals surface area (Å²) in [7, 11) is 1.53. The summed E-state index contributed by atoms with van der Waals surface area (Å²) in [5.41, 5.74) is 1.76. The van der Waals surface area contributed by atoms with E-state index in [-0.39, 0.29) is 13.0 Å². The second-order valence-electron chi connectivity index (χ2n) is 3.72. The number of aliphatic hydroxyl groups excluding tert-OH is 1. The Morgan fingerprint density at radius 3 is 2.69 bits per heavy atom. The zero-order valence-corrected chi connectivity index (χ0v) is 9.43. The lowest BCUT2D eigenvalue weighted by Crippen LogP contribution is -2.11. The highest BCUT2D eigenvalue weighted by Crippen LogP contribution is 2.29. The van der Waals surface area contributed by atoms with Gasteiger partial charge in [0.1, 0.15) is 5.75 Å². The Morgan fingerprint density at radius 2 is 2.19 bits per heavy atom. The van der Waals surface area contributed by atoms with Crippen molar-refractivity contribution < 1.29 is 19.7 Å². The smallest absolute Gasteiger partial charge is 0.304 e. The van der Waals surface area contributed by atoms with Gasteiger partial charge in [0.2, 0.25) is 0 Å². The minimum absolute atomic E-state index is 0.101. The second-order valence-corrected chi connectivity index (χ2v) is 3.72. The van der Waals surface area contributed by atoms with Gasteiger partial charge in [-0.3, -0.25) is 4.79 Å². The summed E-state index contributed by atoms with van der Waals surface area (Å²) in [4.78, 5) is 10.7. The van der Waals surface area contributed by atoms with Gasteiger partial charge in [-0.15, -0.1) is 0 Å². The highest BCUT2D eigenvalue weighted by atomic mass is 16.5. The second kappa shape index (κ2) is 5.51. The summed E-state index contributed by atoms with van der Waals surface area (Å²) in [6.45, 7) is 1.71. The van der Waals surface area contributed by atoms with Crippen LogP contribution in [0.15, 0.2) is 18.2 Å². The molecule has 1 rings (SSSR count). The van der Waals surface area contributed by atoms with Crippen LogP contribution in [0.4, 0.5) is 0 Å². The first kappa shape index (κ1) is 12.5. The van der Waals surface area contributed by atoms with Crippen LogP contribution in [0.1, 0.15) is 23.5 Å². The van der Waals surface area contributed by atoms with Crippen molar-refractivity contribution in [3.63, 3.8) is 0 Å². The van der Waals surface area contributed by atoms with E-state index >= 15 is 0 Å². The molecule has 1 atom stereocenters. The molecule has 0 saturated heterocycles. The quantitative estimate of drug-likeness (QED) is 0.796. The zero-order chi connectivity index (χ0) is 12.1. The van der Waals surface area contributed by atoms with Crippen LogP contribution in [-0.2, 0) is 4.79 Å². The summed E-state index contributed by atoms with van der Waals surface area (Å²) in [5.74, 6) is -0.735. The number of carbonyl (C=O) groups is 1. The summed E-state index contributed by atoms with van der Waals surface area (Å²) < 4.78 is 5.16.